The summed E-state index contributed by atoms with van der Waals surface area (Å²) < 4.78 is 31.8. The molecule has 1 aromatic heterocycles. The minimum Gasteiger partial charge on any atom is -0.469 e. The van der Waals surface area contributed by atoms with E-state index in [-0.39, 0.29) is 5.95 Å². The molecule has 2 rings (SSSR count). The summed E-state index contributed by atoms with van der Waals surface area (Å²) >= 11 is 0. The van der Waals surface area contributed by atoms with Crippen molar-refractivity contribution in [3.8, 4) is 0 Å². The second-order valence-electron chi connectivity index (χ2n) is 5.05. The molecule has 0 aromatic carbocycles. The minimum atomic E-state index is -3.76. The molecule has 2 unspecified atom stereocenters. The predicted octanol–water partition coefficient (Wildman–Crippen LogP) is 0.572. The van der Waals surface area contributed by atoms with Gasteiger partial charge in [0.1, 0.15) is 0 Å². The third-order valence-corrected chi connectivity index (χ3v) is 5.51. The van der Waals surface area contributed by atoms with Gasteiger partial charge in [-0.25, -0.2) is 18.1 Å². The van der Waals surface area contributed by atoms with E-state index in [1.165, 1.54) is 7.11 Å². The molecule has 1 aromatic rings. The van der Waals surface area contributed by atoms with Crippen molar-refractivity contribution in [1.82, 2.24) is 15.2 Å². The number of rotatable bonds is 4. The lowest BCUT2D eigenvalue weighted by Gasteiger charge is -2.18. The van der Waals surface area contributed by atoms with Crippen LogP contribution < -0.4 is 4.72 Å². The van der Waals surface area contributed by atoms with Crippen molar-refractivity contribution < 1.29 is 17.9 Å². The van der Waals surface area contributed by atoms with Crippen molar-refractivity contribution in [3.63, 3.8) is 0 Å². The van der Waals surface area contributed by atoms with Crippen molar-refractivity contribution in [1.29, 1.82) is 0 Å². The van der Waals surface area contributed by atoms with Gasteiger partial charge in [0.25, 0.3) is 5.95 Å². The third-order valence-electron chi connectivity index (χ3n) is 3.68. The highest BCUT2D eigenvalue weighted by Crippen LogP contribution is 2.32. The van der Waals surface area contributed by atoms with Crippen LogP contribution in [0.1, 0.15) is 30.7 Å². The van der Waals surface area contributed by atoms with Crippen molar-refractivity contribution in [3.05, 3.63) is 11.4 Å². The van der Waals surface area contributed by atoms with E-state index in [0.29, 0.717) is 30.7 Å². The van der Waals surface area contributed by atoms with E-state index in [1.54, 1.807) is 13.8 Å². The van der Waals surface area contributed by atoms with Crippen molar-refractivity contribution in [2.24, 2.45) is 5.92 Å². The largest absolute Gasteiger partial charge is 0.469 e. The van der Waals surface area contributed by atoms with Crippen LogP contribution in [0.15, 0.2) is 0 Å². The molecule has 0 aliphatic heterocycles. The van der Waals surface area contributed by atoms with Gasteiger partial charge < -0.3 is 4.74 Å². The quantitative estimate of drug-likeness (QED) is 0.809. The molecule has 1 saturated carbocycles. The summed E-state index contributed by atoms with van der Waals surface area (Å²) in [4.78, 5) is 15.7. The Morgan fingerprint density at radius 1 is 1.24 bits per heavy atom. The van der Waals surface area contributed by atoms with E-state index < -0.39 is 27.2 Å². The van der Waals surface area contributed by atoms with Gasteiger partial charge in [-0.1, -0.05) is 6.42 Å². The zero-order chi connectivity index (χ0) is 15.6. The van der Waals surface area contributed by atoms with Crippen LogP contribution in [0.4, 0.5) is 5.95 Å². The fraction of sp³-hybridized carbons (Fsp3) is 0.667. The Kier molecular flexibility index (Phi) is 4.40. The van der Waals surface area contributed by atoms with E-state index in [0.717, 1.165) is 0 Å². The molecule has 9 heteroatoms. The Morgan fingerprint density at radius 3 is 2.57 bits per heavy atom. The number of nitrogens with zero attached hydrogens (tertiary/aromatic N) is 3. The Morgan fingerprint density at radius 2 is 1.95 bits per heavy atom. The Bertz CT molecular complexity index is 647. The standard InChI is InChI=1S/C12H18N4O4S/c1-7-8(2)14-15-12(13-7)16-21(18,19)10-6-4-5-9(10)11(17)20-3/h9-10H,4-6H2,1-3H3,(H,13,15,16). The third kappa shape index (κ3) is 3.29. The summed E-state index contributed by atoms with van der Waals surface area (Å²) in [5, 5.41) is 6.72. The Labute approximate surface area is 123 Å². The number of hydrogen-bond donors (Lipinski definition) is 1. The molecule has 0 bridgehead atoms. The number of ether oxygens (including phenoxy) is 1. The van der Waals surface area contributed by atoms with E-state index in [9.17, 15) is 13.2 Å². The van der Waals surface area contributed by atoms with Gasteiger partial charge in [0.15, 0.2) is 0 Å². The number of aryl methyl sites for hydroxylation is 2. The van der Waals surface area contributed by atoms with E-state index in [2.05, 4.69) is 24.6 Å². The van der Waals surface area contributed by atoms with Crippen LogP contribution >= 0.6 is 0 Å². The maximum Gasteiger partial charge on any atom is 0.310 e. The first-order chi connectivity index (χ1) is 9.85. The number of carbonyl (C=O) groups excluding carboxylic acids is 1. The lowest BCUT2D eigenvalue weighted by atomic mass is 10.1. The molecule has 0 spiro atoms. The molecule has 0 amide bonds. The highest BCUT2D eigenvalue weighted by atomic mass is 32.2. The molecule has 0 radical (unpaired) electrons. The molecule has 0 saturated heterocycles. The number of aromatic nitrogens is 3. The van der Waals surface area contributed by atoms with Gasteiger partial charge in [0.2, 0.25) is 10.0 Å². The van der Waals surface area contributed by atoms with Crippen LogP contribution in [0.5, 0.6) is 0 Å². The first kappa shape index (κ1) is 15.6. The number of methoxy groups -OCH3 is 1. The second-order valence-corrected chi connectivity index (χ2v) is 6.95. The van der Waals surface area contributed by atoms with E-state index in [4.69, 9.17) is 0 Å². The van der Waals surface area contributed by atoms with Crippen LogP contribution in [-0.4, -0.2) is 41.9 Å². The molecular formula is C12H18N4O4S. The van der Waals surface area contributed by atoms with Gasteiger partial charge in [-0.05, 0) is 26.7 Å². The normalized spacial score (nSPS) is 22.0. The molecule has 1 aliphatic carbocycles. The van der Waals surface area contributed by atoms with E-state index >= 15 is 0 Å². The maximum absolute atomic E-state index is 12.4. The summed E-state index contributed by atoms with van der Waals surface area (Å²) in [5.41, 5.74) is 1.23. The fourth-order valence-electron chi connectivity index (χ4n) is 2.42. The predicted molar refractivity (Wildman–Crippen MR) is 75.0 cm³/mol. The van der Waals surface area contributed by atoms with Gasteiger partial charge >= 0.3 is 5.97 Å². The summed E-state index contributed by atoms with van der Waals surface area (Å²) in [6.45, 7) is 3.45. The Balaban J connectivity index is 2.21. The van der Waals surface area contributed by atoms with Crippen molar-refractivity contribution in [2.75, 3.05) is 11.8 Å². The smallest absolute Gasteiger partial charge is 0.310 e. The van der Waals surface area contributed by atoms with Crippen LogP contribution in [-0.2, 0) is 19.6 Å². The molecule has 21 heavy (non-hydrogen) atoms. The molecule has 1 N–H and O–H groups in total. The first-order valence-corrected chi connectivity index (χ1v) is 8.17. The maximum atomic E-state index is 12.4. The van der Waals surface area contributed by atoms with Gasteiger partial charge in [0, 0.05) is 0 Å². The number of nitrogens with one attached hydrogen (secondary N) is 1. The molecule has 8 nitrogen and oxygen atoms in total. The highest BCUT2D eigenvalue weighted by molar-refractivity contribution is 7.93. The summed E-state index contributed by atoms with van der Waals surface area (Å²) in [6.07, 6.45) is 1.58. The van der Waals surface area contributed by atoms with Crippen LogP contribution in [0.2, 0.25) is 0 Å². The zero-order valence-electron chi connectivity index (χ0n) is 12.2. The minimum absolute atomic E-state index is 0.0754. The average molecular weight is 314 g/mol. The Hall–Kier alpha value is -1.77. The summed E-state index contributed by atoms with van der Waals surface area (Å²) in [7, 11) is -2.50. The molecule has 1 aliphatic rings. The van der Waals surface area contributed by atoms with Gasteiger partial charge in [-0.2, -0.15) is 5.10 Å². The van der Waals surface area contributed by atoms with Gasteiger partial charge in [-0.3, -0.25) is 4.79 Å². The second kappa shape index (κ2) is 5.92. The van der Waals surface area contributed by atoms with Crippen LogP contribution in [0.3, 0.4) is 0 Å². The topological polar surface area (TPSA) is 111 Å². The van der Waals surface area contributed by atoms with E-state index in [1.807, 2.05) is 0 Å². The van der Waals surface area contributed by atoms with Crippen molar-refractivity contribution >= 4 is 21.9 Å². The average Bonchev–Trinajstić information content (AvgIpc) is 2.92. The number of hydrogen-bond acceptors (Lipinski definition) is 7. The molecular weight excluding hydrogens is 296 g/mol. The molecule has 116 valence electrons. The van der Waals surface area contributed by atoms with Gasteiger partial charge in [0.05, 0.1) is 29.7 Å². The molecule has 1 heterocycles. The van der Waals surface area contributed by atoms with Crippen LogP contribution in [0.25, 0.3) is 0 Å². The monoisotopic (exact) mass is 314 g/mol. The number of esters is 1. The number of carbonyl (C=O) groups is 1. The molecule has 1 fully saturated rings. The zero-order valence-corrected chi connectivity index (χ0v) is 13.0. The number of sulfonamides is 1. The van der Waals surface area contributed by atoms with Crippen molar-refractivity contribution in [2.45, 2.75) is 38.4 Å². The SMILES string of the molecule is COC(=O)C1CCCC1S(=O)(=O)Nc1nnc(C)c(C)n1. The number of anilines is 1. The fourth-order valence-corrected chi connectivity index (χ4v) is 4.07. The first-order valence-electron chi connectivity index (χ1n) is 6.62. The van der Waals surface area contributed by atoms with Crippen LogP contribution in [0, 0.1) is 19.8 Å². The lowest BCUT2D eigenvalue weighted by Crippen LogP contribution is -2.35. The van der Waals surface area contributed by atoms with Gasteiger partial charge in [-0.15, -0.1) is 5.10 Å². The lowest BCUT2D eigenvalue weighted by molar-refractivity contribution is -0.145. The summed E-state index contributed by atoms with van der Waals surface area (Å²) in [5.74, 6) is -1.22. The molecule has 2 atom stereocenters. The summed E-state index contributed by atoms with van der Waals surface area (Å²) in [6, 6.07) is 0. The highest BCUT2D eigenvalue weighted by Gasteiger charge is 2.42.